The van der Waals surface area contributed by atoms with Crippen LogP contribution in [0.3, 0.4) is 0 Å². The molecule has 1 rings (SSSR count). The summed E-state index contributed by atoms with van der Waals surface area (Å²) in [6.07, 6.45) is 0.301. The maximum Gasteiger partial charge on any atom is 0.313 e. The molecule has 1 N–H and O–H groups in total. The molecule has 1 aliphatic rings. The lowest BCUT2D eigenvalue weighted by atomic mass is 9.88. The Hall–Kier alpha value is -0.660. The summed E-state index contributed by atoms with van der Waals surface area (Å²) in [6.45, 7) is 1.85. The van der Waals surface area contributed by atoms with Crippen molar-refractivity contribution in [1.29, 1.82) is 0 Å². The van der Waals surface area contributed by atoms with Gasteiger partial charge in [0.25, 0.3) is 0 Å². The fraction of sp³-hybridized carbons (Fsp3) is 0.889. The van der Waals surface area contributed by atoms with E-state index in [0.717, 1.165) is 0 Å². The van der Waals surface area contributed by atoms with Gasteiger partial charge < -0.3 is 9.84 Å². The zero-order valence-electron chi connectivity index (χ0n) is 9.47. The van der Waals surface area contributed by atoms with Gasteiger partial charge in [0.05, 0.1) is 12.4 Å². The summed E-state index contributed by atoms with van der Waals surface area (Å²) >= 11 is 0. The van der Waals surface area contributed by atoms with E-state index in [4.69, 9.17) is 9.84 Å². The summed E-state index contributed by atoms with van der Waals surface area (Å²) in [6, 6.07) is 0. The van der Waals surface area contributed by atoms with Gasteiger partial charge in [-0.25, -0.2) is 12.7 Å². The van der Waals surface area contributed by atoms with Gasteiger partial charge in [0.1, 0.15) is 5.41 Å². The number of ether oxygens (including phenoxy) is 1. The van der Waals surface area contributed by atoms with Crippen LogP contribution >= 0.6 is 0 Å². The number of aliphatic carboxylic acids is 1. The zero-order chi connectivity index (χ0) is 12.4. The van der Waals surface area contributed by atoms with Crippen LogP contribution in [0.2, 0.25) is 0 Å². The van der Waals surface area contributed by atoms with E-state index in [1.165, 1.54) is 11.4 Å². The minimum absolute atomic E-state index is 0.00428. The van der Waals surface area contributed by atoms with Crippen LogP contribution in [0.1, 0.15) is 13.3 Å². The molecule has 0 amide bonds. The number of carboxylic acids is 1. The molecule has 7 heteroatoms. The molecule has 6 nitrogen and oxygen atoms in total. The Morgan fingerprint density at radius 3 is 2.62 bits per heavy atom. The lowest BCUT2D eigenvalue weighted by molar-refractivity contribution is -0.151. The highest BCUT2D eigenvalue weighted by Gasteiger charge is 2.47. The van der Waals surface area contributed by atoms with E-state index in [-0.39, 0.29) is 25.4 Å². The van der Waals surface area contributed by atoms with Crippen molar-refractivity contribution in [3.05, 3.63) is 0 Å². The van der Waals surface area contributed by atoms with Crippen LogP contribution in [0.15, 0.2) is 0 Å². The van der Waals surface area contributed by atoms with Crippen LogP contribution in [-0.4, -0.2) is 56.4 Å². The maximum absolute atomic E-state index is 11.6. The standard InChI is InChI=1S/C9H17NO5S/c1-3-16(13,14)10-5-4-9(6-10,7-15-2)8(11)12/h3-7H2,1-2H3,(H,11,12). The van der Waals surface area contributed by atoms with Crippen molar-refractivity contribution in [1.82, 2.24) is 4.31 Å². The molecule has 0 bridgehead atoms. The fourth-order valence-corrected chi connectivity index (χ4v) is 3.06. The molecule has 1 aliphatic heterocycles. The van der Waals surface area contributed by atoms with Crippen LogP contribution in [0.25, 0.3) is 0 Å². The molecule has 0 aromatic rings. The summed E-state index contributed by atoms with van der Waals surface area (Å²) in [7, 11) is -1.89. The van der Waals surface area contributed by atoms with E-state index < -0.39 is 21.4 Å². The predicted molar refractivity (Wildman–Crippen MR) is 57.6 cm³/mol. The average Bonchev–Trinajstić information content (AvgIpc) is 2.65. The highest BCUT2D eigenvalue weighted by molar-refractivity contribution is 7.89. The number of nitrogens with zero attached hydrogens (tertiary/aromatic N) is 1. The van der Waals surface area contributed by atoms with Gasteiger partial charge in [0, 0.05) is 20.2 Å². The summed E-state index contributed by atoms with van der Waals surface area (Å²) < 4.78 is 29.3. The van der Waals surface area contributed by atoms with Gasteiger partial charge >= 0.3 is 5.97 Å². The lowest BCUT2D eigenvalue weighted by Gasteiger charge is -2.23. The minimum Gasteiger partial charge on any atom is -0.481 e. The van der Waals surface area contributed by atoms with Gasteiger partial charge in [-0.1, -0.05) is 0 Å². The molecule has 0 aromatic heterocycles. The highest BCUT2D eigenvalue weighted by Crippen LogP contribution is 2.32. The van der Waals surface area contributed by atoms with Crippen molar-refractivity contribution in [2.24, 2.45) is 5.41 Å². The quantitative estimate of drug-likeness (QED) is 0.729. The van der Waals surface area contributed by atoms with Crippen LogP contribution in [0.4, 0.5) is 0 Å². The Kier molecular flexibility index (Phi) is 3.92. The summed E-state index contributed by atoms with van der Waals surface area (Å²) in [5.41, 5.74) is -1.09. The number of methoxy groups -OCH3 is 1. The Labute approximate surface area is 95.2 Å². The van der Waals surface area contributed by atoms with Crippen LogP contribution in [0, 0.1) is 5.41 Å². The smallest absolute Gasteiger partial charge is 0.313 e. The van der Waals surface area contributed by atoms with Crippen molar-refractivity contribution < 1.29 is 23.1 Å². The molecule has 0 saturated carbocycles. The van der Waals surface area contributed by atoms with Crippen molar-refractivity contribution in [3.63, 3.8) is 0 Å². The SMILES string of the molecule is CCS(=O)(=O)N1CCC(COC)(C(=O)O)C1. The van der Waals surface area contributed by atoms with E-state index in [2.05, 4.69) is 0 Å². The molecule has 94 valence electrons. The second-order valence-electron chi connectivity index (χ2n) is 4.00. The molecule has 1 unspecified atom stereocenters. The van der Waals surface area contributed by atoms with Crippen LogP contribution in [0.5, 0.6) is 0 Å². The molecule has 0 aromatic carbocycles. The molecule has 1 atom stereocenters. The third-order valence-electron chi connectivity index (χ3n) is 2.95. The van der Waals surface area contributed by atoms with E-state index in [0.29, 0.717) is 6.42 Å². The third-order valence-corrected chi connectivity index (χ3v) is 4.78. The number of rotatable bonds is 5. The normalized spacial score (nSPS) is 27.1. The molecule has 0 spiro atoms. The molecule has 1 heterocycles. The molecule has 0 radical (unpaired) electrons. The minimum atomic E-state index is -3.31. The van der Waals surface area contributed by atoms with Gasteiger partial charge in [0.15, 0.2) is 0 Å². The van der Waals surface area contributed by atoms with Crippen molar-refractivity contribution in [3.8, 4) is 0 Å². The van der Waals surface area contributed by atoms with Gasteiger partial charge in [-0.3, -0.25) is 4.79 Å². The predicted octanol–water partition coefficient (Wildman–Crippen LogP) is -0.241. The second kappa shape index (κ2) is 4.68. The molecular formula is C9H17NO5S. The van der Waals surface area contributed by atoms with Gasteiger partial charge in [-0.2, -0.15) is 0 Å². The second-order valence-corrected chi connectivity index (χ2v) is 6.26. The average molecular weight is 251 g/mol. The Morgan fingerprint density at radius 1 is 1.56 bits per heavy atom. The third kappa shape index (κ3) is 2.36. The monoisotopic (exact) mass is 251 g/mol. The van der Waals surface area contributed by atoms with Crippen LogP contribution in [-0.2, 0) is 19.6 Å². The molecule has 1 fully saturated rings. The van der Waals surface area contributed by atoms with Gasteiger partial charge in [-0.15, -0.1) is 0 Å². The Bertz CT molecular complexity index is 366. The van der Waals surface area contributed by atoms with E-state index in [1.807, 2.05) is 0 Å². The first-order valence-electron chi connectivity index (χ1n) is 5.08. The highest BCUT2D eigenvalue weighted by atomic mass is 32.2. The van der Waals surface area contributed by atoms with Gasteiger partial charge in [-0.05, 0) is 13.3 Å². The molecule has 0 aliphatic carbocycles. The topological polar surface area (TPSA) is 83.9 Å². The van der Waals surface area contributed by atoms with Crippen molar-refractivity contribution in [2.45, 2.75) is 13.3 Å². The van der Waals surface area contributed by atoms with Crippen LogP contribution < -0.4 is 0 Å². The first-order chi connectivity index (χ1) is 7.38. The fourth-order valence-electron chi connectivity index (χ4n) is 1.88. The first-order valence-corrected chi connectivity index (χ1v) is 6.69. The number of hydrogen-bond acceptors (Lipinski definition) is 4. The summed E-state index contributed by atoms with van der Waals surface area (Å²) in [4.78, 5) is 11.2. The number of hydrogen-bond donors (Lipinski definition) is 1. The molecular weight excluding hydrogens is 234 g/mol. The Balaban J connectivity index is 2.87. The van der Waals surface area contributed by atoms with E-state index >= 15 is 0 Å². The summed E-state index contributed by atoms with van der Waals surface area (Å²) in [5.74, 6) is -1.00. The van der Waals surface area contributed by atoms with Gasteiger partial charge in [0.2, 0.25) is 10.0 Å². The zero-order valence-corrected chi connectivity index (χ0v) is 10.3. The number of carbonyl (C=O) groups is 1. The Morgan fingerprint density at radius 2 is 2.19 bits per heavy atom. The summed E-state index contributed by atoms with van der Waals surface area (Å²) in [5, 5.41) is 9.15. The van der Waals surface area contributed by atoms with Crippen molar-refractivity contribution >= 4 is 16.0 Å². The number of carboxylic acid groups (broad SMARTS) is 1. The van der Waals surface area contributed by atoms with E-state index in [1.54, 1.807) is 6.92 Å². The molecule has 16 heavy (non-hydrogen) atoms. The number of sulfonamides is 1. The van der Waals surface area contributed by atoms with Crippen molar-refractivity contribution in [2.75, 3.05) is 32.6 Å². The lowest BCUT2D eigenvalue weighted by Crippen LogP contribution is -2.40. The largest absolute Gasteiger partial charge is 0.481 e. The maximum atomic E-state index is 11.6. The first kappa shape index (κ1) is 13.4. The van der Waals surface area contributed by atoms with E-state index in [9.17, 15) is 13.2 Å². The molecule has 1 saturated heterocycles.